The third-order valence-electron chi connectivity index (χ3n) is 2.91. The summed E-state index contributed by atoms with van der Waals surface area (Å²) in [5, 5.41) is 17.0. The molecule has 0 amide bonds. The first-order valence-corrected chi connectivity index (χ1v) is 6.66. The number of nitrogens with zero attached hydrogens (tertiary/aromatic N) is 2. The predicted octanol–water partition coefficient (Wildman–Crippen LogP) is 2.10. The minimum absolute atomic E-state index is 0.292. The lowest BCUT2D eigenvalue weighted by Crippen LogP contribution is -2.25. The molecule has 0 saturated carbocycles. The largest absolute Gasteiger partial charge is 0.573 e. The molecule has 1 atom stereocenters. The third kappa shape index (κ3) is 5.38. The Morgan fingerprint density at radius 1 is 1.27 bits per heavy atom. The van der Waals surface area contributed by atoms with Crippen molar-refractivity contribution in [2.24, 2.45) is 0 Å². The van der Waals surface area contributed by atoms with Gasteiger partial charge in [-0.1, -0.05) is 12.1 Å². The average molecular weight is 315 g/mol. The molecule has 2 rings (SSSR count). The molecule has 0 spiro atoms. The predicted molar refractivity (Wildman–Crippen MR) is 73.2 cm³/mol. The molecule has 0 aliphatic rings. The average Bonchev–Trinajstić information content (AvgIpc) is 2.95. The van der Waals surface area contributed by atoms with E-state index in [9.17, 15) is 18.3 Å². The Morgan fingerprint density at radius 2 is 2.00 bits per heavy atom. The first kappa shape index (κ1) is 16.3. The first-order chi connectivity index (χ1) is 10.4. The van der Waals surface area contributed by atoms with Gasteiger partial charge in [0, 0.05) is 25.5 Å². The summed E-state index contributed by atoms with van der Waals surface area (Å²) >= 11 is 0. The van der Waals surface area contributed by atoms with E-state index in [1.54, 1.807) is 10.9 Å². The Kier molecular flexibility index (Phi) is 5.40. The molecule has 1 heterocycles. The van der Waals surface area contributed by atoms with E-state index in [0.29, 0.717) is 25.2 Å². The zero-order valence-corrected chi connectivity index (χ0v) is 11.6. The highest BCUT2D eigenvalue weighted by molar-refractivity contribution is 5.28. The van der Waals surface area contributed by atoms with Crippen LogP contribution in [0.5, 0.6) is 5.75 Å². The van der Waals surface area contributed by atoms with Gasteiger partial charge < -0.3 is 15.2 Å². The highest BCUT2D eigenvalue weighted by Crippen LogP contribution is 2.24. The number of hydrogen-bond donors (Lipinski definition) is 2. The summed E-state index contributed by atoms with van der Waals surface area (Å²) in [7, 11) is 0. The minimum atomic E-state index is -4.71. The number of alkyl halides is 3. The number of nitrogens with one attached hydrogen (secondary N) is 1. The zero-order chi connectivity index (χ0) is 16.0. The number of aromatic nitrogens is 2. The fraction of sp³-hybridized carbons (Fsp3) is 0.357. The summed E-state index contributed by atoms with van der Waals surface area (Å²) in [6.45, 7) is 1.58. The van der Waals surface area contributed by atoms with Gasteiger partial charge in [-0.05, 0) is 23.8 Å². The highest BCUT2D eigenvalue weighted by Gasteiger charge is 2.31. The van der Waals surface area contributed by atoms with E-state index in [1.165, 1.54) is 24.3 Å². The van der Waals surface area contributed by atoms with Crippen LogP contribution in [0, 0.1) is 0 Å². The van der Waals surface area contributed by atoms with Crippen molar-refractivity contribution in [1.29, 1.82) is 0 Å². The summed E-state index contributed by atoms with van der Waals surface area (Å²) in [5.41, 5.74) is 0.515. The second kappa shape index (κ2) is 7.28. The summed E-state index contributed by atoms with van der Waals surface area (Å²) in [5.74, 6) is -0.310. The van der Waals surface area contributed by atoms with Crippen LogP contribution in [0.4, 0.5) is 13.2 Å². The number of benzene rings is 1. The Labute approximate surface area is 125 Å². The molecule has 2 aromatic rings. The van der Waals surface area contributed by atoms with Crippen LogP contribution in [0.3, 0.4) is 0 Å². The fourth-order valence-corrected chi connectivity index (χ4v) is 1.87. The van der Waals surface area contributed by atoms with Crippen molar-refractivity contribution in [3.05, 3.63) is 48.3 Å². The van der Waals surface area contributed by atoms with Crippen molar-refractivity contribution in [1.82, 2.24) is 15.1 Å². The van der Waals surface area contributed by atoms with Crippen LogP contribution in [0.25, 0.3) is 0 Å². The van der Waals surface area contributed by atoms with Crippen LogP contribution in [-0.4, -0.2) is 34.3 Å². The second-order valence-corrected chi connectivity index (χ2v) is 4.61. The normalized spacial score (nSPS) is 13.1. The molecule has 5 nitrogen and oxygen atoms in total. The van der Waals surface area contributed by atoms with E-state index in [0.717, 1.165) is 0 Å². The lowest BCUT2D eigenvalue weighted by Gasteiger charge is -2.14. The molecule has 0 aliphatic carbocycles. The standard InChI is InChI=1S/C14H16F3N3O2/c15-14(16,17)22-12-4-2-11(3-5-12)13(21)10-18-7-9-20-8-1-6-19-20/h1-6,8,13,18,21H,7,9-10H2. The van der Waals surface area contributed by atoms with E-state index >= 15 is 0 Å². The van der Waals surface area contributed by atoms with Crippen molar-refractivity contribution in [2.45, 2.75) is 19.0 Å². The van der Waals surface area contributed by atoms with Gasteiger partial charge in [-0.2, -0.15) is 5.10 Å². The van der Waals surface area contributed by atoms with Crippen LogP contribution < -0.4 is 10.1 Å². The van der Waals surface area contributed by atoms with Gasteiger partial charge in [-0.15, -0.1) is 13.2 Å². The van der Waals surface area contributed by atoms with Crippen LogP contribution >= 0.6 is 0 Å². The highest BCUT2D eigenvalue weighted by atomic mass is 19.4. The molecule has 1 aromatic heterocycles. The van der Waals surface area contributed by atoms with Crippen molar-refractivity contribution >= 4 is 0 Å². The molecule has 120 valence electrons. The van der Waals surface area contributed by atoms with Gasteiger partial charge in [0.25, 0.3) is 0 Å². The summed E-state index contributed by atoms with van der Waals surface area (Å²) in [6, 6.07) is 6.98. The maximum absolute atomic E-state index is 12.0. The Bertz CT molecular complexity index is 556. The summed E-state index contributed by atoms with van der Waals surface area (Å²) in [4.78, 5) is 0. The van der Waals surface area contributed by atoms with Gasteiger partial charge in [-0.25, -0.2) is 0 Å². The van der Waals surface area contributed by atoms with E-state index < -0.39 is 12.5 Å². The topological polar surface area (TPSA) is 59.3 Å². The van der Waals surface area contributed by atoms with Crippen molar-refractivity contribution in [3.8, 4) is 5.75 Å². The number of aliphatic hydroxyl groups excluding tert-OH is 1. The number of rotatable bonds is 7. The molecule has 2 N–H and O–H groups in total. The van der Waals surface area contributed by atoms with Gasteiger partial charge in [0.1, 0.15) is 5.75 Å². The summed E-state index contributed by atoms with van der Waals surface area (Å²) < 4.78 is 41.6. The number of hydrogen-bond acceptors (Lipinski definition) is 4. The van der Waals surface area contributed by atoms with Crippen LogP contribution in [-0.2, 0) is 6.54 Å². The molecule has 0 radical (unpaired) electrons. The molecule has 1 aromatic carbocycles. The van der Waals surface area contributed by atoms with Gasteiger partial charge >= 0.3 is 6.36 Å². The number of aliphatic hydroxyl groups is 1. The molecule has 1 unspecified atom stereocenters. The second-order valence-electron chi connectivity index (χ2n) is 4.61. The van der Waals surface area contributed by atoms with Crippen LogP contribution in [0.15, 0.2) is 42.7 Å². The van der Waals surface area contributed by atoms with Gasteiger partial charge in [-0.3, -0.25) is 4.68 Å². The Morgan fingerprint density at radius 3 is 2.59 bits per heavy atom. The molecule has 22 heavy (non-hydrogen) atoms. The zero-order valence-electron chi connectivity index (χ0n) is 11.6. The first-order valence-electron chi connectivity index (χ1n) is 6.66. The molecule has 0 aliphatic heterocycles. The third-order valence-corrected chi connectivity index (χ3v) is 2.91. The SMILES string of the molecule is OC(CNCCn1cccn1)c1ccc(OC(F)(F)F)cc1. The van der Waals surface area contributed by atoms with Crippen molar-refractivity contribution in [3.63, 3.8) is 0 Å². The fourth-order valence-electron chi connectivity index (χ4n) is 1.87. The van der Waals surface area contributed by atoms with Crippen LogP contribution in [0.2, 0.25) is 0 Å². The van der Waals surface area contributed by atoms with E-state index in [2.05, 4.69) is 15.2 Å². The van der Waals surface area contributed by atoms with E-state index in [1.807, 2.05) is 12.3 Å². The lowest BCUT2D eigenvalue weighted by molar-refractivity contribution is -0.274. The van der Waals surface area contributed by atoms with Crippen molar-refractivity contribution in [2.75, 3.05) is 13.1 Å². The molecular formula is C14H16F3N3O2. The Balaban J connectivity index is 1.76. The summed E-state index contributed by atoms with van der Waals surface area (Å²) in [6.07, 6.45) is -2.01. The maximum atomic E-state index is 12.0. The quantitative estimate of drug-likeness (QED) is 0.768. The molecule has 0 bridgehead atoms. The van der Waals surface area contributed by atoms with Gasteiger partial charge in [0.2, 0.25) is 0 Å². The number of halogens is 3. The van der Waals surface area contributed by atoms with Crippen LogP contribution in [0.1, 0.15) is 11.7 Å². The molecule has 0 fully saturated rings. The van der Waals surface area contributed by atoms with Gasteiger partial charge in [0.05, 0.1) is 12.6 Å². The monoisotopic (exact) mass is 315 g/mol. The Hall–Kier alpha value is -2.06. The molecule has 0 saturated heterocycles. The van der Waals surface area contributed by atoms with E-state index in [-0.39, 0.29) is 5.75 Å². The van der Waals surface area contributed by atoms with E-state index in [4.69, 9.17) is 0 Å². The minimum Gasteiger partial charge on any atom is -0.406 e. The smallest absolute Gasteiger partial charge is 0.406 e. The lowest BCUT2D eigenvalue weighted by atomic mass is 10.1. The number of ether oxygens (including phenoxy) is 1. The molecule has 8 heteroatoms. The molecular weight excluding hydrogens is 299 g/mol. The van der Waals surface area contributed by atoms with Crippen molar-refractivity contribution < 1.29 is 23.0 Å². The van der Waals surface area contributed by atoms with Gasteiger partial charge in [0.15, 0.2) is 0 Å². The maximum Gasteiger partial charge on any atom is 0.573 e.